The molecule has 4 rings (SSSR count). The van der Waals surface area contributed by atoms with E-state index in [2.05, 4.69) is 0 Å². The topological polar surface area (TPSA) is 205 Å². The second-order valence-electron chi connectivity index (χ2n) is 19.6. The summed E-state index contributed by atoms with van der Waals surface area (Å²) in [6.45, 7) is 9.22. The summed E-state index contributed by atoms with van der Waals surface area (Å²) in [6.07, 6.45) is 2.22. The van der Waals surface area contributed by atoms with Crippen LogP contribution >= 0.6 is 0 Å². The number of aliphatic hydroxyl groups excluding tert-OH is 2. The van der Waals surface area contributed by atoms with Crippen molar-refractivity contribution < 1.29 is 75.9 Å². The van der Waals surface area contributed by atoms with E-state index >= 15 is 0 Å². The maximum atomic E-state index is 14.6. The Morgan fingerprint density at radius 3 is 2.32 bits per heavy atom. The van der Waals surface area contributed by atoms with Crippen molar-refractivity contribution in [2.24, 2.45) is 41.4 Å². The molecular formula is C54H85NO14. The molecule has 3 N–H and O–H groups in total. The van der Waals surface area contributed by atoms with Gasteiger partial charge in [-0.3, -0.25) is 19.2 Å². The number of cyclic esters (lactones) is 1. The molecule has 16 atom stereocenters. The van der Waals surface area contributed by atoms with Crippen LogP contribution in [0.3, 0.4) is 0 Å². The van der Waals surface area contributed by atoms with Crippen LogP contribution in [-0.2, 0) is 52.4 Å². The van der Waals surface area contributed by atoms with E-state index in [-0.39, 0.29) is 43.7 Å². The van der Waals surface area contributed by atoms with E-state index < -0.39 is 139 Å². The predicted molar refractivity (Wildman–Crippen MR) is 261 cm³/mol. The number of piperidine rings is 1. The molecule has 1 amide bonds. The van der Waals surface area contributed by atoms with Gasteiger partial charge in [0.05, 0.1) is 40.3 Å². The zero-order chi connectivity index (χ0) is 56.6. The third-order valence-electron chi connectivity index (χ3n) is 14.8. The molecule has 15 heteroatoms. The van der Waals surface area contributed by atoms with Crippen molar-refractivity contribution in [3.05, 3.63) is 47.6 Å². The molecule has 3 heterocycles. The lowest BCUT2D eigenvalue weighted by atomic mass is 9.78. The van der Waals surface area contributed by atoms with Gasteiger partial charge in [0.2, 0.25) is 5.79 Å². The van der Waals surface area contributed by atoms with Gasteiger partial charge >= 0.3 is 5.97 Å². The molecule has 0 spiro atoms. The van der Waals surface area contributed by atoms with Crippen molar-refractivity contribution in [3.63, 3.8) is 0 Å². The molecule has 2 bridgehead atoms. The van der Waals surface area contributed by atoms with Crippen LogP contribution in [0.5, 0.6) is 0 Å². The number of ketones is 3. The number of ether oxygens (including phenoxy) is 6. The first-order valence-corrected chi connectivity index (χ1v) is 24.6. The fraction of sp³-hybridized carbons (Fsp3) is 0.759. The second-order valence-corrected chi connectivity index (χ2v) is 19.6. The number of rotatable bonds is 9. The maximum absolute atomic E-state index is 14.6. The number of hydrogen-bond acceptors (Lipinski definition) is 14. The molecule has 390 valence electrons. The highest BCUT2D eigenvalue weighted by Gasteiger charge is 2.53. The predicted octanol–water partition coefficient (Wildman–Crippen LogP) is 6.44. The zero-order valence-electron chi connectivity index (χ0n) is 48.7. The minimum atomic E-state index is -2.94. The SMILES string of the molecule is [2H]C([2H])(CO)O[C@@H]1CC[C@@H](C[C@@H](C)[C@@H]2CC(=O)[C@H](C)/C=C(\C)[C@@H](O)[C@@H](OC)C(=O)[C@H](C)C([2H])(C)[C@]([2H])(C)/C=C/C=C/C=C(\C)[C@@H](OC)C[C@@H]3CC([2H])([2H])[C@@H](C)[C@@](O)(O3)C(=O)C(=O)N3CCCC[C@H]3C(=O)O2)C[C@H]1OC. The molecule has 3 aliphatic heterocycles. The Bertz CT molecular complexity index is 2130. The summed E-state index contributed by atoms with van der Waals surface area (Å²) in [5.74, 6) is -15.1. The summed E-state index contributed by atoms with van der Waals surface area (Å²) in [6, 6.07) is -1.33. The summed E-state index contributed by atoms with van der Waals surface area (Å²) in [4.78, 5) is 72.9. The number of allylic oxidation sites excluding steroid dienone is 6. The highest BCUT2D eigenvalue weighted by molar-refractivity contribution is 6.39. The molecular weight excluding hydrogens is 887 g/mol. The summed E-state index contributed by atoms with van der Waals surface area (Å²) in [5.41, 5.74) is 0.859. The molecule has 2 saturated heterocycles. The van der Waals surface area contributed by atoms with Crippen LogP contribution in [0.1, 0.15) is 134 Å². The standard InChI is InChI=1S/C54H85NO14/c1-32-17-13-12-14-18-33(2)45(64-9)30-41-22-20-37(6)54(63,69-41)51(60)52(61)55-24-16-15-19-42(55)53(62)68-46(35(4)28-40-21-23-44(67-26-25-56)47(29-40)65-10)31-43(57)34(3)27-36(5)48(58)50(66-11)49(59)39(8)38(32)7/h12-14,17-18,27,32,34-35,37-42,44-48,50,56,58,63H,15-16,19-26,28-31H2,1-11H3/b14-12+,17-13+,33-18+,36-27+/t32-,34-,35-,37-,38?,39-,40+,41+,42+,44-,45+,46+,47-,48-,50-,54-/m1/s1/i20D2,26D2,32D,38D. The Morgan fingerprint density at radius 1 is 0.928 bits per heavy atom. The molecule has 0 aromatic carbocycles. The van der Waals surface area contributed by atoms with Gasteiger partial charge in [0, 0.05) is 64.0 Å². The van der Waals surface area contributed by atoms with E-state index in [0.717, 1.165) is 4.90 Å². The monoisotopic (exact) mass is 978 g/mol. The smallest absolute Gasteiger partial charge is 0.329 e. The first kappa shape index (κ1) is 49.2. The lowest BCUT2D eigenvalue weighted by Gasteiger charge is -2.42. The van der Waals surface area contributed by atoms with Gasteiger partial charge in [-0.25, -0.2) is 4.79 Å². The molecule has 0 radical (unpaired) electrons. The van der Waals surface area contributed by atoms with Gasteiger partial charge in [-0.15, -0.1) is 0 Å². The normalized spacial score (nSPS) is 44.2. The van der Waals surface area contributed by atoms with Gasteiger partial charge in [-0.05, 0) is 106 Å². The third-order valence-corrected chi connectivity index (χ3v) is 14.8. The molecule has 4 aliphatic rings. The average Bonchev–Trinajstić information content (AvgIpc) is 3.35. The Kier molecular flexibility index (Phi) is 19.5. The number of Topliss-reactive ketones (excluding diaryl/α,β-unsaturated/α-hetero) is 3. The lowest BCUT2D eigenvalue weighted by molar-refractivity contribution is -0.265. The van der Waals surface area contributed by atoms with E-state index in [1.807, 2.05) is 6.92 Å². The fourth-order valence-corrected chi connectivity index (χ4v) is 9.95. The van der Waals surface area contributed by atoms with Gasteiger partial charge in [0.15, 0.2) is 5.78 Å². The quantitative estimate of drug-likeness (QED) is 0.129. The minimum absolute atomic E-state index is 0.0314. The zero-order valence-corrected chi connectivity index (χ0v) is 42.7. The summed E-state index contributed by atoms with van der Waals surface area (Å²) < 4.78 is 87.1. The van der Waals surface area contributed by atoms with E-state index in [0.29, 0.717) is 44.1 Å². The molecule has 69 heavy (non-hydrogen) atoms. The van der Waals surface area contributed by atoms with Crippen LogP contribution in [0, 0.1) is 41.4 Å². The van der Waals surface area contributed by atoms with Crippen molar-refractivity contribution in [3.8, 4) is 0 Å². The van der Waals surface area contributed by atoms with E-state index in [9.17, 15) is 40.7 Å². The molecule has 1 aliphatic carbocycles. The minimum Gasteiger partial charge on any atom is -0.460 e. The summed E-state index contributed by atoms with van der Waals surface area (Å²) in [5, 5.41) is 33.2. The average molecular weight is 978 g/mol. The third kappa shape index (κ3) is 15.3. The number of carbonyl (C=O) groups excluding carboxylic acids is 5. The van der Waals surface area contributed by atoms with Crippen LogP contribution < -0.4 is 0 Å². The second kappa shape index (κ2) is 27.4. The van der Waals surface area contributed by atoms with Gasteiger partial charge in [-0.1, -0.05) is 78.0 Å². The van der Waals surface area contributed by atoms with E-state index in [1.54, 1.807) is 38.2 Å². The summed E-state index contributed by atoms with van der Waals surface area (Å²) in [7, 11) is 4.16. The molecule has 15 nitrogen and oxygen atoms in total. The van der Waals surface area contributed by atoms with Crippen molar-refractivity contribution in [1.82, 2.24) is 4.90 Å². The molecule has 1 unspecified atom stereocenters. The van der Waals surface area contributed by atoms with Gasteiger partial charge < -0.3 is 48.6 Å². The van der Waals surface area contributed by atoms with Crippen molar-refractivity contribution in [2.75, 3.05) is 41.0 Å². The highest BCUT2D eigenvalue weighted by atomic mass is 16.6. The van der Waals surface area contributed by atoms with E-state index in [1.165, 1.54) is 68.1 Å². The fourth-order valence-electron chi connectivity index (χ4n) is 9.95. The summed E-state index contributed by atoms with van der Waals surface area (Å²) >= 11 is 0. The Labute approximate surface area is 419 Å². The largest absolute Gasteiger partial charge is 0.460 e. The molecule has 3 fully saturated rings. The number of nitrogens with zero attached hydrogens (tertiary/aromatic N) is 1. The number of esters is 1. The Hall–Kier alpha value is -3.41. The number of hydrogen-bond donors (Lipinski definition) is 3. The highest BCUT2D eigenvalue weighted by Crippen LogP contribution is 2.38. The number of amides is 1. The van der Waals surface area contributed by atoms with Gasteiger partial charge in [0.25, 0.3) is 11.7 Å². The van der Waals surface area contributed by atoms with Crippen LogP contribution in [0.15, 0.2) is 47.6 Å². The van der Waals surface area contributed by atoms with Crippen LogP contribution in [0.25, 0.3) is 0 Å². The van der Waals surface area contributed by atoms with Gasteiger partial charge in [-0.2, -0.15) is 0 Å². The van der Waals surface area contributed by atoms with E-state index in [4.69, 9.17) is 35.3 Å². The number of fused-ring (bicyclic) bond motifs is 3. The van der Waals surface area contributed by atoms with Gasteiger partial charge in [0.1, 0.15) is 30.1 Å². The Balaban J connectivity index is 1.79. The molecule has 0 aromatic rings. The first-order chi connectivity index (χ1) is 34.8. The number of carbonyl (C=O) groups is 5. The first-order valence-electron chi connectivity index (χ1n) is 27.6. The van der Waals surface area contributed by atoms with Crippen molar-refractivity contribution in [2.45, 2.75) is 181 Å². The number of methoxy groups -OCH3 is 3. The lowest BCUT2D eigenvalue weighted by Crippen LogP contribution is -2.61. The van der Waals surface area contributed by atoms with Crippen LogP contribution in [-0.4, -0.2) is 145 Å². The van der Waals surface area contributed by atoms with Crippen molar-refractivity contribution >= 4 is 29.2 Å². The number of aliphatic hydroxyl groups is 3. The van der Waals surface area contributed by atoms with Crippen molar-refractivity contribution in [1.29, 1.82) is 0 Å². The molecule has 0 aromatic heterocycles. The molecule has 1 saturated carbocycles. The Morgan fingerprint density at radius 2 is 1.65 bits per heavy atom. The van der Waals surface area contributed by atoms with Crippen LogP contribution in [0.4, 0.5) is 0 Å². The van der Waals surface area contributed by atoms with Crippen LogP contribution in [0.2, 0.25) is 0 Å². The maximum Gasteiger partial charge on any atom is 0.329 e.